The van der Waals surface area contributed by atoms with Gasteiger partial charge >= 0.3 is 6.09 Å². The van der Waals surface area contributed by atoms with Crippen molar-refractivity contribution in [3.63, 3.8) is 0 Å². The Morgan fingerprint density at radius 3 is 2.63 bits per heavy atom. The first kappa shape index (κ1) is 19.8. The molecule has 2 aromatic heterocycles. The second kappa shape index (κ2) is 9.34. The number of rotatable bonds is 5. The van der Waals surface area contributed by atoms with Crippen molar-refractivity contribution in [3.05, 3.63) is 36.7 Å². The molecule has 1 saturated carbocycles. The van der Waals surface area contributed by atoms with Crippen LogP contribution in [0.1, 0.15) is 38.5 Å². The van der Waals surface area contributed by atoms with Crippen molar-refractivity contribution in [2.24, 2.45) is 0 Å². The zero-order valence-corrected chi connectivity index (χ0v) is 16.8. The number of aromatic nitrogens is 5. The number of amides is 1. The lowest BCUT2D eigenvalue weighted by Gasteiger charge is -2.16. The third-order valence-electron chi connectivity index (χ3n) is 5.23. The quantitative estimate of drug-likeness (QED) is 0.618. The third-order valence-corrected chi connectivity index (χ3v) is 5.23. The molecule has 9 heteroatoms. The van der Waals surface area contributed by atoms with Crippen LogP contribution in [0.4, 0.5) is 4.79 Å². The zero-order chi connectivity index (χ0) is 20.8. The number of nitrogens with one attached hydrogen (secondary N) is 2. The minimum absolute atomic E-state index is 0.175. The van der Waals surface area contributed by atoms with E-state index in [0.29, 0.717) is 17.3 Å². The number of carbonyl (C=O) groups excluding carboxylic acids is 1. The van der Waals surface area contributed by atoms with Crippen molar-refractivity contribution in [1.29, 1.82) is 0 Å². The molecule has 2 N–H and O–H groups in total. The average Bonchev–Trinajstić information content (AvgIpc) is 3.19. The maximum Gasteiger partial charge on any atom is 0.412 e. The number of aromatic amines is 1. The lowest BCUT2D eigenvalue weighted by atomic mass is 10.0. The Morgan fingerprint density at radius 1 is 1.10 bits per heavy atom. The Morgan fingerprint density at radius 2 is 1.90 bits per heavy atom. The molecule has 1 amide bonds. The van der Waals surface area contributed by atoms with Crippen molar-refractivity contribution in [2.45, 2.75) is 44.6 Å². The smallest absolute Gasteiger partial charge is 0.412 e. The molecule has 0 atom stereocenters. The largest absolute Gasteiger partial charge is 0.496 e. The van der Waals surface area contributed by atoms with Crippen LogP contribution in [0, 0.1) is 0 Å². The second-order valence-corrected chi connectivity index (χ2v) is 7.30. The van der Waals surface area contributed by atoms with Crippen LogP contribution < -0.4 is 14.8 Å². The fourth-order valence-electron chi connectivity index (χ4n) is 3.70. The molecule has 0 unspecified atom stereocenters. The summed E-state index contributed by atoms with van der Waals surface area (Å²) >= 11 is 0. The Hall–Kier alpha value is -3.49. The summed E-state index contributed by atoms with van der Waals surface area (Å²) in [5.74, 6) is 1.59. The highest BCUT2D eigenvalue weighted by Gasteiger charge is 2.17. The van der Waals surface area contributed by atoms with Crippen LogP contribution >= 0.6 is 0 Å². The second-order valence-electron chi connectivity index (χ2n) is 7.30. The number of pyridine rings is 1. The van der Waals surface area contributed by atoms with E-state index in [1.54, 1.807) is 37.7 Å². The van der Waals surface area contributed by atoms with Crippen LogP contribution in [0.2, 0.25) is 0 Å². The minimum atomic E-state index is -0.433. The molecule has 4 rings (SSSR count). The van der Waals surface area contributed by atoms with Crippen LogP contribution in [0.15, 0.2) is 36.7 Å². The number of ether oxygens (including phenoxy) is 2. The highest BCUT2D eigenvalue weighted by molar-refractivity contribution is 5.76. The lowest BCUT2D eigenvalue weighted by molar-refractivity contribution is 0.194. The predicted octanol–water partition coefficient (Wildman–Crippen LogP) is 3.75. The topological polar surface area (TPSA) is 115 Å². The normalized spacial score (nSPS) is 14.7. The summed E-state index contributed by atoms with van der Waals surface area (Å²) < 4.78 is 11.1. The van der Waals surface area contributed by atoms with Gasteiger partial charge < -0.3 is 14.8 Å². The molecule has 0 bridgehead atoms. The van der Waals surface area contributed by atoms with Gasteiger partial charge in [0.1, 0.15) is 11.5 Å². The summed E-state index contributed by atoms with van der Waals surface area (Å²) in [6.45, 7) is 0. The number of hydrogen-bond acceptors (Lipinski definition) is 7. The third kappa shape index (κ3) is 4.73. The van der Waals surface area contributed by atoms with Gasteiger partial charge in [0.15, 0.2) is 5.82 Å². The SMILES string of the molecule is COc1ccc(OC(=O)NC2CCCCCC2)cc1-c1cncc(-c2nnn[nH]2)c1. The predicted molar refractivity (Wildman–Crippen MR) is 110 cm³/mol. The van der Waals surface area contributed by atoms with Gasteiger partial charge in [0.05, 0.1) is 7.11 Å². The van der Waals surface area contributed by atoms with Crippen molar-refractivity contribution in [3.8, 4) is 34.0 Å². The van der Waals surface area contributed by atoms with Crippen LogP contribution in [-0.2, 0) is 0 Å². The summed E-state index contributed by atoms with van der Waals surface area (Å²) in [5.41, 5.74) is 2.27. The molecule has 1 aliphatic rings. The first-order chi connectivity index (χ1) is 14.7. The number of benzene rings is 1. The molecule has 0 aliphatic heterocycles. The number of hydrogen-bond donors (Lipinski definition) is 2. The molecule has 3 aromatic rings. The molecule has 1 aliphatic carbocycles. The van der Waals surface area contributed by atoms with E-state index in [9.17, 15) is 4.79 Å². The molecule has 30 heavy (non-hydrogen) atoms. The van der Waals surface area contributed by atoms with Gasteiger partial charge in [0.25, 0.3) is 0 Å². The van der Waals surface area contributed by atoms with E-state index in [-0.39, 0.29) is 6.04 Å². The van der Waals surface area contributed by atoms with Crippen LogP contribution in [-0.4, -0.2) is 44.9 Å². The Balaban J connectivity index is 1.54. The van der Waals surface area contributed by atoms with Crippen LogP contribution in [0.3, 0.4) is 0 Å². The molecular formula is C21H24N6O3. The van der Waals surface area contributed by atoms with Gasteiger partial charge in [-0.3, -0.25) is 4.98 Å². The van der Waals surface area contributed by atoms with Gasteiger partial charge in [-0.2, -0.15) is 0 Å². The number of nitrogens with zero attached hydrogens (tertiary/aromatic N) is 4. The van der Waals surface area contributed by atoms with Crippen molar-refractivity contribution < 1.29 is 14.3 Å². The fourth-order valence-corrected chi connectivity index (χ4v) is 3.70. The summed E-state index contributed by atoms with van der Waals surface area (Å²) in [6, 6.07) is 7.32. The maximum absolute atomic E-state index is 12.4. The highest BCUT2D eigenvalue weighted by atomic mass is 16.6. The van der Waals surface area contributed by atoms with Crippen molar-refractivity contribution in [2.75, 3.05) is 7.11 Å². The van der Waals surface area contributed by atoms with E-state index in [2.05, 4.69) is 30.9 Å². The Labute approximate surface area is 174 Å². The van der Waals surface area contributed by atoms with Crippen molar-refractivity contribution >= 4 is 6.09 Å². The van der Waals surface area contributed by atoms with E-state index in [4.69, 9.17) is 9.47 Å². The van der Waals surface area contributed by atoms with Crippen LogP contribution in [0.5, 0.6) is 11.5 Å². The molecule has 156 valence electrons. The van der Waals surface area contributed by atoms with Gasteiger partial charge in [-0.1, -0.05) is 25.7 Å². The molecule has 0 spiro atoms. The van der Waals surface area contributed by atoms with Gasteiger partial charge in [-0.15, -0.1) is 5.10 Å². The molecular weight excluding hydrogens is 384 g/mol. The van der Waals surface area contributed by atoms with E-state index >= 15 is 0 Å². The average molecular weight is 408 g/mol. The lowest BCUT2D eigenvalue weighted by Crippen LogP contribution is -2.36. The number of carbonyl (C=O) groups is 1. The van der Waals surface area contributed by atoms with Gasteiger partial charge in [0, 0.05) is 35.1 Å². The first-order valence-electron chi connectivity index (χ1n) is 10.1. The minimum Gasteiger partial charge on any atom is -0.496 e. The van der Waals surface area contributed by atoms with E-state index in [0.717, 1.165) is 42.4 Å². The first-order valence-corrected chi connectivity index (χ1v) is 10.1. The van der Waals surface area contributed by atoms with Gasteiger partial charge in [-0.25, -0.2) is 9.89 Å². The number of tetrazole rings is 1. The highest BCUT2D eigenvalue weighted by Crippen LogP contribution is 2.34. The molecule has 1 fully saturated rings. The fraction of sp³-hybridized carbons (Fsp3) is 0.381. The monoisotopic (exact) mass is 408 g/mol. The van der Waals surface area contributed by atoms with Gasteiger partial charge in [-0.05, 0) is 47.5 Å². The van der Waals surface area contributed by atoms with E-state index < -0.39 is 6.09 Å². The summed E-state index contributed by atoms with van der Waals surface area (Å²) in [5, 5.41) is 16.8. The molecule has 0 radical (unpaired) electrons. The molecule has 2 heterocycles. The van der Waals surface area contributed by atoms with Crippen molar-refractivity contribution in [1.82, 2.24) is 30.9 Å². The van der Waals surface area contributed by atoms with Gasteiger partial charge in [0.2, 0.25) is 0 Å². The standard InChI is InChI=1S/C21H24N6O3/c1-29-19-9-8-17(30-21(28)23-16-6-4-2-3-5-7-16)11-18(19)14-10-15(13-22-12-14)20-24-26-27-25-20/h8-13,16H,2-7H2,1H3,(H,23,28)(H,24,25,26,27). The van der Waals surface area contributed by atoms with Crippen LogP contribution in [0.25, 0.3) is 22.5 Å². The zero-order valence-electron chi connectivity index (χ0n) is 16.8. The Bertz CT molecular complexity index is 984. The summed E-state index contributed by atoms with van der Waals surface area (Å²) in [7, 11) is 1.59. The van der Waals surface area contributed by atoms with E-state index in [1.807, 2.05) is 6.07 Å². The molecule has 1 aromatic carbocycles. The summed E-state index contributed by atoms with van der Waals surface area (Å²) in [4.78, 5) is 16.7. The number of H-pyrrole nitrogens is 1. The Kier molecular flexibility index (Phi) is 6.17. The molecule has 9 nitrogen and oxygen atoms in total. The maximum atomic E-state index is 12.4. The summed E-state index contributed by atoms with van der Waals surface area (Å²) in [6.07, 6.45) is 9.68. The van der Waals surface area contributed by atoms with E-state index in [1.165, 1.54) is 12.8 Å². The number of methoxy groups -OCH3 is 1. The molecule has 0 saturated heterocycles.